The lowest BCUT2D eigenvalue weighted by Crippen LogP contribution is -2.37. The average Bonchev–Trinajstić information content (AvgIpc) is 3.92. The smallest absolute Gasteiger partial charge is 0.306 e. The number of hydrogen-bond acceptors (Lipinski definition) is 8. The normalized spacial score (nSPS) is 18.0. The molecule has 1 saturated heterocycles. The summed E-state index contributed by atoms with van der Waals surface area (Å²) in [7, 11) is 1.30. The third-order valence-electron chi connectivity index (χ3n) is 9.57. The molecular formula is C46H82NO8P. The van der Waals surface area contributed by atoms with Crippen molar-refractivity contribution in [3.63, 3.8) is 0 Å². The predicted molar refractivity (Wildman–Crippen MR) is 230 cm³/mol. The van der Waals surface area contributed by atoms with E-state index >= 15 is 0 Å². The standard InChI is InChI=1S/C46H82NO8P/c1-6-8-9-10-11-12-13-14-20-23-26-29-32-35-39-51-41-43(42-53-56(49,50)52-40-38-47(3,4)5)54-46(48)37-34-31-28-25-22-19-17-15-16-18-21-24-27-30-33-36-45-44(7-2)55-45/h15-16,19,21-22,24,28,30-31,33,43-45H,6-14,17-18,20,23,25-27,29,32,34-42H2,1-5H3/b16-15-,22-19-,24-21-,31-28-,33-30-. The molecule has 0 bridgehead atoms. The van der Waals surface area contributed by atoms with Crippen LogP contribution >= 0.6 is 7.82 Å². The Morgan fingerprint density at radius 1 is 0.661 bits per heavy atom. The van der Waals surface area contributed by atoms with E-state index < -0.39 is 19.9 Å². The molecular weight excluding hydrogens is 725 g/mol. The molecule has 1 aliphatic heterocycles. The van der Waals surface area contributed by atoms with Gasteiger partial charge in [-0.3, -0.25) is 9.36 Å². The number of phosphoric ester groups is 1. The highest BCUT2D eigenvalue weighted by atomic mass is 31.2. The first kappa shape index (κ1) is 52.2. The Morgan fingerprint density at radius 2 is 1.16 bits per heavy atom. The molecule has 0 spiro atoms. The van der Waals surface area contributed by atoms with E-state index in [0.717, 1.165) is 51.4 Å². The van der Waals surface area contributed by atoms with Gasteiger partial charge in [-0.1, -0.05) is 158 Å². The van der Waals surface area contributed by atoms with Crippen LogP contribution in [0.3, 0.4) is 0 Å². The number of quaternary nitrogens is 1. The average molecular weight is 808 g/mol. The summed E-state index contributed by atoms with van der Waals surface area (Å²) in [4.78, 5) is 25.0. The van der Waals surface area contributed by atoms with Crippen LogP contribution in [-0.4, -0.2) is 82.9 Å². The second-order valence-corrected chi connectivity index (χ2v) is 17.5. The first-order valence-corrected chi connectivity index (χ1v) is 23.6. The zero-order valence-electron chi connectivity index (χ0n) is 36.3. The number of carbonyl (C=O) groups is 1. The lowest BCUT2D eigenvalue weighted by atomic mass is 10.0. The van der Waals surface area contributed by atoms with Gasteiger partial charge in [0, 0.05) is 13.0 Å². The highest BCUT2D eigenvalue weighted by Crippen LogP contribution is 2.38. The first-order valence-electron chi connectivity index (χ1n) is 22.1. The van der Waals surface area contributed by atoms with E-state index in [2.05, 4.69) is 62.5 Å². The van der Waals surface area contributed by atoms with Crippen LogP contribution in [-0.2, 0) is 32.6 Å². The van der Waals surface area contributed by atoms with Gasteiger partial charge in [0.15, 0.2) is 0 Å². The lowest BCUT2D eigenvalue weighted by molar-refractivity contribution is -0.870. The molecule has 1 heterocycles. The summed E-state index contributed by atoms with van der Waals surface area (Å²) in [5, 5.41) is 0. The number of hydrogen-bond donors (Lipinski definition) is 0. The third kappa shape index (κ3) is 35.3. The van der Waals surface area contributed by atoms with Gasteiger partial charge in [-0.15, -0.1) is 0 Å². The van der Waals surface area contributed by atoms with Gasteiger partial charge in [0.05, 0.1) is 46.6 Å². The van der Waals surface area contributed by atoms with Gasteiger partial charge in [-0.2, -0.15) is 0 Å². The summed E-state index contributed by atoms with van der Waals surface area (Å²) >= 11 is 0. The van der Waals surface area contributed by atoms with Gasteiger partial charge in [0.1, 0.15) is 19.3 Å². The van der Waals surface area contributed by atoms with E-state index in [1.807, 2.05) is 33.3 Å². The zero-order chi connectivity index (χ0) is 41.0. The van der Waals surface area contributed by atoms with Crippen LogP contribution < -0.4 is 4.89 Å². The molecule has 10 heteroatoms. The molecule has 0 radical (unpaired) electrons. The maximum Gasteiger partial charge on any atom is 0.306 e. The number of epoxide rings is 1. The van der Waals surface area contributed by atoms with E-state index in [1.165, 1.54) is 77.0 Å². The van der Waals surface area contributed by atoms with Crippen molar-refractivity contribution >= 4 is 13.8 Å². The number of carbonyl (C=O) groups excluding carboxylic acids is 1. The molecule has 0 N–H and O–H groups in total. The van der Waals surface area contributed by atoms with Gasteiger partial charge in [0.2, 0.25) is 0 Å². The van der Waals surface area contributed by atoms with Crippen LogP contribution in [0.2, 0.25) is 0 Å². The highest BCUT2D eigenvalue weighted by Gasteiger charge is 2.35. The summed E-state index contributed by atoms with van der Waals surface area (Å²) in [6.45, 7) is 5.20. The summed E-state index contributed by atoms with van der Waals surface area (Å²) in [6, 6.07) is 0. The Morgan fingerprint density at radius 3 is 1.66 bits per heavy atom. The van der Waals surface area contributed by atoms with Gasteiger partial charge < -0.3 is 32.6 Å². The van der Waals surface area contributed by atoms with E-state index in [1.54, 1.807) is 0 Å². The van der Waals surface area contributed by atoms with Crippen LogP contribution in [0, 0.1) is 0 Å². The third-order valence-corrected chi connectivity index (χ3v) is 10.5. The number of rotatable bonds is 39. The molecule has 4 unspecified atom stereocenters. The first-order chi connectivity index (χ1) is 27.1. The van der Waals surface area contributed by atoms with Crippen LogP contribution in [0.1, 0.15) is 155 Å². The Bertz CT molecular complexity index is 1140. The van der Waals surface area contributed by atoms with Crippen molar-refractivity contribution in [2.75, 3.05) is 54.1 Å². The van der Waals surface area contributed by atoms with Crippen molar-refractivity contribution in [1.29, 1.82) is 0 Å². The lowest BCUT2D eigenvalue weighted by Gasteiger charge is -2.28. The molecule has 0 aromatic carbocycles. The van der Waals surface area contributed by atoms with Gasteiger partial charge >= 0.3 is 5.97 Å². The van der Waals surface area contributed by atoms with Crippen molar-refractivity contribution in [3.8, 4) is 0 Å². The Balaban J connectivity index is 2.26. The molecule has 9 nitrogen and oxygen atoms in total. The zero-order valence-corrected chi connectivity index (χ0v) is 37.2. The summed E-state index contributed by atoms with van der Waals surface area (Å²) in [5.74, 6) is -0.418. The minimum Gasteiger partial charge on any atom is -0.756 e. The number of nitrogens with zero attached hydrogens (tertiary/aromatic N) is 1. The minimum atomic E-state index is -4.55. The fourth-order valence-electron chi connectivity index (χ4n) is 5.99. The quantitative estimate of drug-likeness (QED) is 0.0151. The van der Waals surface area contributed by atoms with Gasteiger partial charge in [-0.25, -0.2) is 0 Å². The van der Waals surface area contributed by atoms with Crippen molar-refractivity contribution in [1.82, 2.24) is 0 Å². The molecule has 1 aliphatic rings. The van der Waals surface area contributed by atoms with Crippen LogP contribution in [0.15, 0.2) is 60.8 Å². The molecule has 0 amide bonds. The summed E-state index contributed by atoms with van der Waals surface area (Å²) in [5.41, 5.74) is 0. The molecule has 0 aromatic heterocycles. The number of likely N-dealkylation sites (N-methyl/N-ethyl adjacent to an activating group) is 1. The van der Waals surface area contributed by atoms with E-state index in [4.69, 9.17) is 23.3 Å². The number of allylic oxidation sites excluding steroid dienone is 9. The SMILES string of the molecule is CCCCCCCCCCCCCCCCOCC(COP(=O)([O-])OCC[N+](C)(C)C)OC(=O)CC/C=C\C/C=C\C/C=C\C/C=C\C/C=C\CC1OC1CC. The largest absolute Gasteiger partial charge is 0.756 e. The molecule has 1 rings (SSSR count). The molecule has 4 atom stereocenters. The van der Waals surface area contributed by atoms with Crippen molar-refractivity contribution in [2.45, 2.75) is 173 Å². The molecule has 0 saturated carbocycles. The fourth-order valence-corrected chi connectivity index (χ4v) is 6.72. The predicted octanol–water partition coefficient (Wildman–Crippen LogP) is 11.3. The second kappa shape index (κ2) is 35.1. The van der Waals surface area contributed by atoms with Crippen molar-refractivity contribution in [3.05, 3.63) is 60.8 Å². The maximum absolute atomic E-state index is 12.6. The topological polar surface area (TPSA) is 107 Å². The Labute approximate surface area is 343 Å². The Kier molecular flexibility index (Phi) is 32.7. The monoisotopic (exact) mass is 808 g/mol. The van der Waals surface area contributed by atoms with Crippen LogP contribution in [0.25, 0.3) is 0 Å². The maximum atomic E-state index is 12.6. The van der Waals surface area contributed by atoms with Gasteiger partial charge in [0.25, 0.3) is 7.82 Å². The highest BCUT2D eigenvalue weighted by molar-refractivity contribution is 7.45. The number of unbranched alkanes of at least 4 members (excludes halogenated alkanes) is 13. The second-order valence-electron chi connectivity index (χ2n) is 16.1. The molecule has 0 aliphatic carbocycles. The fraction of sp³-hybridized carbons (Fsp3) is 0.761. The van der Waals surface area contributed by atoms with Gasteiger partial charge in [-0.05, 0) is 51.4 Å². The number of ether oxygens (including phenoxy) is 3. The molecule has 56 heavy (non-hydrogen) atoms. The van der Waals surface area contributed by atoms with Crippen molar-refractivity contribution in [2.24, 2.45) is 0 Å². The molecule has 0 aromatic rings. The number of esters is 1. The van der Waals surface area contributed by atoms with Crippen molar-refractivity contribution < 1.29 is 42.0 Å². The molecule has 1 fully saturated rings. The van der Waals surface area contributed by atoms with Crippen LogP contribution in [0.5, 0.6) is 0 Å². The summed E-state index contributed by atoms with van der Waals surface area (Å²) in [6.07, 6.45) is 45.8. The Hall–Kier alpha value is -1.84. The van der Waals surface area contributed by atoms with E-state index in [9.17, 15) is 14.3 Å². The summed E-state index contributed by atoms with van der Waals surface area (Å²) < 4.78 is 40.0. The minimum absolute atomic E-state index is 0.00939. The van der Waals surface area contributed by atoms with E-state index in [0.29, 0.717) is 36.3 Å². The number of phosphoric acid groups is 1. The molecule has 324 valence electrons. The van der Waals surface area contributed by atoms with E-state index in [-0.39, 0.29) is 26.2 Å². The van der Waals surface area contributed by atoms with Crippen LogP contribution in [0.4, 0.5) is 0 Å².